The third-order valence-electron chi connectivity index (χ3n) is 4.70. The molecular formula is C16H25NS. The summed E-state index contributed by atoms with van der Waals surface area (Å²) in [6.07, 6.45) is 14.4. The molecule has 0 aromatic carbocycles. The lowest BCUT2D eigenvalue weighted by Gasteiger charge is -2.42. The lowest BCUT2D eigenvalue weighted by Crippen LogP contribution is -2.45. The van der Waals surface area contributed by atoms with Gasteiger partial charge in [0, 0.05) is 12.1 Å². The van der Waals surface area contributed by atoms with Gasteiger partial charge in [-0.1, -0.05) is 38.5 Å². The Morgan fingerprint density at radius 3 is 1.83 bits per heavy atom. The zero-order valence-electron chi connectivity index (χ0n) is 11.3. The van der Waals surface area contributed by atoms with E-state index >= 15 is 0 Å². The molecule has 0 bridgehead atoms. The standard InChI is InChI=1S/C16H25NS/c1-3-8-14(9-4-1)17(16-12-7-13-18-16)15-10-5-2-6-11-15/h7,12-15H,1-6,8-11H2. The van der Waals surface area contributed by atoms with E-state index in [2.05, 4.69) is 22.4 Å². The van der Waals surface area contributed by atoms with Gasteiger partial charge < -0.3 is 4.90 Å². The van der Waals surface area contributed by atoms with Crippen LogP contribution < -0.4 is 4.90 Å². The zero-order chi connectivity index (χ0) is 12.2. The van der Waals surface area contributed by atoms with Gasteiger partial charge in [0.1, 0.15) is 0 Å². The van der Waals surface area contributed by atoms with Crippen molar-refractivity contribution in [3.05, 3.63) is 17.5 Å². The van der Waals surface area contributed by atoms with E-state index in [1.165, 1.54) is 69.2 Å². The van der Waals surface area contributed by atoms with E-state index in [0.29, 0.717) is 0 Å². The molecule has 0 radical (unpaired) electrons. The summed E-state index contributed by atoms with van der Waals surface area (Å²) < 4.78 is 0. The Bertz CT molecular complexity index is 316. The summed E-state index contributed by atoms with van der Waals surface area (Å²) in [6, 6.07) is 6.23. The van der Waals surface area contributed by atoms with Crippen LogP contribution in [0.4, 0.5) is 5.00 Å². The average Bonchev–Trinajstić information content (AvgIpc) is 2.95. The molecule has 100 valence electrons. The Morgan fingerprint density at radius 1 is 0.833 bits per heavy atom. The number of thiophene rings is 1. The Labute approximate surface area is 115 Å². The van der Waals surface area contributed by atoms with E-state index in [0.717, 1.165) is 12.1 Å². The van der Waals surface area contributed by atoms with Gasteiger partial charge in [-0.25, -0.2) is 0 Å². The Hall–Kier alpha value is -0.500. The summed E-state index contributed by atoms with van der Waals surface area (Å²) in [4.78, 5) is 2.82. The van der Waals surface area contributed by atoms with Crippen LogP contribution in [0.3, 0.4) is 0 Å². The van der Waals surface area contributed by atoms with Gasteiger partial charge in [-0.15, -0.1) is 11.3 Å². The minimum absolute atomic E-state index is 0.834. The van der Waals surface area contributed by atoms with Gasteiger partial charge in [-0.05, 0) is 43.2 Å². The predicted molar refractivity (Wildman–Crippen MR) is 80.5 cm³/mol. The number of rotatable bonds is 3. The Kier molecular flexibility index (Phi) is 4.24. The summed E-state index contributed by atoms with van der Waals surface area (Å²) in [5, 5.41) is 3.78. The van der Waals surface area contributed by atoms with Crippen molar-refractivity contribution < 1.29 is 0 Å². The van der Waals surface area contributed by atoms with E-state index in [9.17, 15) is 0 Å². The van der Waals surface area contributed by atoms with E-state index in [-0.39, 0.29) is 0 Å². The summed E-state index contributed by atoms with van der Waals surface area (Å²) in [5.41, 5.74) is 0. The molecule has 0 N–H and O–H groups in total. The van der Waals surface area contributed by atoms with Gasteiger partial charge >= 0.3 is 0 Å². The first-order valence-corrected chi connectivity index (χ1v) is 8.65. The third-order valence-corrected chi connectivity index (χ3v) is 5.58. The van der Waals surface area contributed by atoms with Crippen LogP contribution in [0.25, 0.3) is 0 Å². The molecular weight excluding hydrogens is 238 g/mol. The highest BCUT2D eigenvalue weighted by Crippen LogP contribution is 2.36. The highest BCUT2D eigenvalue weighted by Gasteiger charge is 2.29. The van der Waals surface area contributed by atoms with Crippen LogP contribution in [0.15, 0.2) is 17.5 Å². The van der Waals surface area contributed by atoms with Crippen molar-refractivity contribution in [2.45, 2.75) is 76.3 Å². The predicted octanol–water partition coefficient (Wildman–Crippen LogP) is 5.22. The molecule has 0 amide bonds. The third kappa shape index (κ3) is 2.74. The normalized spacial score (nSPS) is 23.1. The van der Waals surface area contributed by atoms with Crippen LogP contribution in [0.2, 0.25) is 0 Å². The van der Waals surface area contributed by atoms with Gasteiger partial charge in [-0.3, -0.25) is 0 Å². The summed E-state index contributed by atoms with van der Waals surface area (Å²) >= 11 is 1.94. The van der Waals surface area contributed by atoms with Gasteiger partial charge in [0.25, 0.3) is 0 Å². The molecule has 0 unspecified atom stereocenters. The largest absolute Gasteiger partial charge is 0.357 e. The maximum absolute atomic E-state index is 2.82. The topological polar surface area (TPSA) is 3.24 Å². The fourth-order valence-electron chi connectivity index (χ4n) is 3.79. The maximum Gasteiger partial charge on any atom is 0.0913 e. The molecule has 2 aliphatic carbocycles. The second kappa shape index (κ2) is 6.10. The van der Waals surface area contributed by atoms with Crippen molar-refractivity contribution in [3.8, 4) is 0 Å². The van der Waals surface area contributed by atoms with Crippen molar-refractivity contribution in [2.24, 2.45) is 0 Å². The quantitative estimate of drug-likeness (QED) is 0.722. The van der Waals surface area contributed by atoms with Crippen LogP contribution >= 0.6 is 11.3 Å². The van der Waals surface area contributed by atoms with Crippen molar-refractivity contribution in [3.63, 3.8) is 0 Å². The van der Waals surface area contributed by atoms with E-state index < -0.39 is 0 Å². The molecule has 0 atom stereocenters. The lowest BCUT2D eigenvalue weighted by atomic mass is 9.89. The van der Waals surface area contributed by atoms with Crippen molar-refractivity contribution in [1.82, 2.24) is 0 Å². The van der Waals surface area contributed by atoms with Crippen LogP contribution in [0.1, 0.15) is 64.2 Å². The molecule has 2 aliphatic rings. The Balaban J connectivity index is 1.78. The van der Waals surface area contributed by atoms with E-state index in [4.69, 9.17) is 0 Å². The lowest BCUT2D eigenvalue weighted by molar-refractivity contribution is 0.341. The molecule has 0 spiro atoms. The highest BCUT2D eigenvalue weighted by atomic mass is 32.1. The minimum atomic E-state index is 0.834. The van der Waals surface area contributed by atoms with Crippen LogP contribution in [-0.4, -0.2) is 12.1 Å². The molecule has 2 fully saturated rings. The molecule has 2 heteroatoms. The Morgan fingerprint density at radius 2 is 1.39 bits per heavy atom. The number of hydrogen-bond donors (Lipinski definition) is 0. The minimum Gasteiger partial charge on any atom is -0.357 e. The summed E-state index contributed by atoms with van der Waals surface area (Å²) in [6.45, 7) is 0. The molecule has 1 heterocycles. The number of nitrogens with zero attached hydrogens (tertiary/aromatic N) is 1. The molecule has 0 saturated heterocycles. The van der Waals surface area contributed by atoms with Crippen LogP contribution in [0.5, 0.6) is 0 Å². The second-order valence-corrected chi connectivity index (χ2v) is 6.87. The molecule has 1 nitrogen and oxygen atoms in total. The fourth-order valence-corrected chi connectivity index (χ4v) is 4.67. The summed E-state index contributed by atoms with van der Waals surface area (Å²) in [5.74, 6) is 0. The van der Waals surface area contributed by atoms with Gasteiger partial charge in [-0.2, -0.15) is 0 Å². The van der Waals surface area contributed by atoms with Crippen molar-refractivity contribution in [2.75, 3.05) is 4.90 Å². The van der Waals surface area contributed by atoms with E-state index in [1.807, 2.05) is 11.3 Å². The first-order chi connectivity index (χ1) is 8.95. The molecule has 0 aliphatic heterocycles. The smallest absolute Gasteiger partial charge is 0.0913 e. The second-order valence-electron chi connectivity index (χ2n) is 5.94. The first-order valence-electron chi connectivity index (χ1n) is 7.77. The fraction of sp³-hybridized carbons (Fsp3) is 0.750. The van der Waals surface area contributed by atoms with Gasteiger partial charge in [0.2, 0.25) is 0 Å². The molecule has 2 saturated carbocycles. The molecule has 18 heavy (non-hydrogen) atoms. The van der Waals surface area contributed by atoms with Gasteiger partial charge in [0.05, 0.1) is 5.00 Å². The van der Waals surface area contributed by atoms with Crippen LogP contribution in [-0.2, 0) is 0 Å². The van der Waals surface area contributed by atoms with Crippen molar-refractivity contribution in [1.29, 1.82) is 0 Å². The monoisotopic (exact) mass is 263 g/mol. The molecule has 3 rings (SSSR count). The van der Waals surface area contributed by atoms with Crippen LogP contribution in [0, 0.1) is 0 Å². The zero-order valence-corrected chi connectivity index (χ0v) is 12.1. The average molecular weight is 263 g/mol. The molecule has 1 aromatic heterocycles. The maximum atomic E-state index is 2.82. The molecule has 1 aromatic rings. The number of hydrogen-bond acceptors (Lipinski definition) is 2. The van der Waals surface area contributed by atoms with Gasteiger partial charge in [0.15, 0.2) is 0 Å². The summed E-state index contributed by atoms with van der Waals surface area (Å²) in [7, 11) is 0. The number of anilines is 1. The van der Waals surface area contributed by atoms with E-state index in [1.54, 1.807) is 0 Å². The van der Waals surface area contributed by atoms with Crippen molar-refractivity contribution >= 4 is 16.3 Å². The highest BCUT2D eigenvalue weighted by molar-refractivity contribution is 7.14. The first kappa shape index (κ1) is 12.5. The SMILES string of the molecule is c1csc(N(C2CCCCC2)C2CCCCC2)c1.